The van der Waals surface area contributed by atoms with Crippen LogP contribution in [0.25, 0.3) is 0 Å². The number of aliphatic hydroxyl groups is 1. The molecule has 0 aromatic rings. The largest absolute Gasteiger partial charge is 0.481 e. The molecular weight excluding hydrogens is 328 g/mol. The molecule has 25 heavy (non-hydrogen) atoms. The molecule has 1 fully saturated rings. The van der Waals surface area contributed by atoms with E-state index in [9.17, 15) is 24.6 Å². The van der Waals surface area contributed by atoms with E-state index in [1.807, 2.05) is 6.92 Å². The van der Waals surface area contributed by atoms with Gasteiger partial charge in [-0.3, -0.25) is 14.4 Å². The van der Waals surface area contributed by atoms with Crippen molar-refractivity contribution in [1.82, 2.24) is 0 Å². The van der Waals surface area contributed by atoms with Gasteiger partial charge in [0.1, 0.15) is 12.2 Å². The van der Waals surface area contributed by atoms with Crippen molar-refractivity contribution in [3.63, 3.8) is 0 Å². The van der Waals surface area contributed by atoms with Gasteiger partial charge in [0.2, 0.25) is 0 Å². The Hall–Kier alpha value is -1.63. The fourth-order valence-corrected chi connectivity index (χ4v) is 3.37. The fourth-order valence-electron chi connectivity index (χ4n) is 3.37. The number of carboxylic acid groups (broad SMARTS) is 1. The second kappa shape index (κ2) is 10.4. The highest BCUT2D eigenvalue weighted by molar-refractivity contribution is 5.81. The minimum Gasteiger partial charge on any atom is -0.481 e. The van der Waals surface area contributed by atoms with Crippen LogP contribution in [0.2, 0.25) is 0 Å². The number of ether oxygens (including phenoxy) is 2. The number of carbonyl (C=O) groups excluding carboxylic acids is 2. The van der Waals surface area contributed by atoms with Gasteiger partial charge in [0.15, 0.2) is 0 Å². The van der Waals surface area contributed by atoms with Crippen LogP contribution in [0.3, 0.4) is 0 Å². The number of aliphatic hydroxyl groups excluding tert-OH is 1. The summed E-state index contributed by atoms with van der Waals surface area (Å²) in [5.74, 6) is -3.15. The van der Waals surface area contributed by atoms with E-state index in [4.69, 9.17) is 9.47 Å². The topological polar surface area (TPSA) is 110 Å². The molecule has 0 aliphatic heterocycles. The summed E-state index contributed by atoms with van der Waals surface area (Å²) >= 11 is 0. The third kappa shape index (κ3) is 7.42. The van der Waals surface area contributed by atoms with Crippen LogP contribution in [-0.2, 0) is 23.9 Å². The zero-order valence-corrected chi connectivity index (χ0v) is 15.3. The summed E-state index contributed by atoms with van der Waals surface area (Å²) in [5.41, 5.74) is 0. The standard InChI is InChI=1S/C18H30O7/c1-4-14(10-13(20)9-11(2)24-12(3)19)25-18(23)16-8-6-5-7-15(16)17(21)22/h11,13-16,20H,4-10H2,1-3H3,(H,21,22). The van der Waals surface area contributed by atoms with Crippen LogP contribution in [-0.4, -0.2) is 46.4 Å². The van der Waals surface area contributed by atoms with Gasteiger partial charge >= 0.3 is 17.9 Å². The number of hydrogen-bond acceptors (Lipinski definition) is 6. The lowest BCUT2D eigenvalue weighted by atomic mass is 9.79. The molecule has 0 radical (unpaired) electrons. The lowest BCUT2D eigenvalue weighted by molar-refractivity contribution is -0.165. The lowest BCUT2D eigenvalue weighted by Crippen LogP contribution is -2.36. The zero-order chi connectivity index (χ0) is 19.0. The predicted octanol–water partition coefficient (Wildman–Crippen LogP) is 2.29. The molecule has 1 aliphatic carbocycles. The second-order valence-corrected chi connectivity index (χ2v) is 6.85. The van der Waals surface area contributed by atoms with Crippen molar-refractivity contribution in [2.24, 2.45) is 11.8 Å². The Morgan fingerprint density at radius 1 is 1.08 bits per heavy atom. The molecule has 1 saturated carbocycles. The molecule has 5 unspecified atom stereocenters. The Bertz CT molecular complexity index is 462. The second-order valence-electron chi connectivity index (χ2n) is 6.85. The molecule has 7 nitrogen and oxygen atoms in total. The van der Waals surface area contributed by atoms with Crippen LogP contribution in [0.15, 0.2) is 0 Å². The Morgan fingerprint density at radius 2 is 1.68 bits per heavy atom. The molecule has 0 heterocycles. The summed E-state index contributed by atoms with van der Waals surface area (Å²) in [5, 5.41) is 19.4. The number of carboxylic acids is 1. The van der Waals surface area contributed by atoms with E-state index in [0.717, 1.165) is 12.8 Å². The summed E-state index contributed by atoms with van der Waals surface area (Å²) in [6.07, 6.45) is 2.00. The van der Waals surface area contributed by atoms with Crippen molar-refractivity contribution in [3.8, 4) is 0 Å². The molecule has 144 valence electrons. The summed E-state index contributed by atoms with van der Waals surface area (Å²) in [7, 11) is 0. The van der Waals surface area contributed by atoms with Gasteiger partial charge in [-0.25, -0.2) is 0 Å². The van der Waals surface area contributed by atoms with E-state index < -0.39 is 48.1 Å². The number of rotatable bonds is 9. The molecule has 0 aromatic carbocycles. The van der Waals surface area contributed by atoms with Crippen LogP contribution < -0.4 is 0 Å². The minimum absolute atomic E-state index is 0.234. The molecule has 0 spiro atoms. The Morgan fingerprint density at radius 3 is 2.20 bits per heavy atom. The average Bonchev–Trinajstić information content (AvgIpc) is 2.52. The fraction of sp³-hybridized carbons (Fsp3) is 0.833. The first-order valence-corrected chi connectivity index (χ1v) is 9.03. The first-order valence-electron chi connectivity index (χ1n) is 9.03. The van der Waals surface area contributed by atoms with Gasteiger partial charge < -0.3 is 19.7 Å². The molecule has 7 heteroatoms. The highest BCUT2D eigenvalue weighted by Crippen LogP contribution is 2.32. The van der Waals surface area contributed by atoms with Crippen molar-refractivity contribution in [2.75, 3.05) is 0 Å². The number of hydrogen-bond donors (Lipinski definition) is 2. The molecule has 0 amide bonds. The van der Waals surface area contributed by atoms with Gasteiger partial charge in [0.05, 0.1) is 17.9 Å². The molecule has 0 bridgehead atoms. The zero-order valence-electron chi connectivity index (χ0n) is 15.3. The maximum atomic E-state index is 12.4. The molecule has 5 atom stereocenters. The molecule has 0 aromatic heterocycles. The SMILES string of the molecule is CCC(CC(O)CC(C)OC(C)=O)OC(=O)C1CCCCC1C(=O)O. The van der Waals surface area contributed by atoms with Crippen LogP contribution in [0.4, 0.5) is 0 Å². The maximum Gasteiger partial charge on any atom is 0.310 e. The monoisotopic (exact) mass is 358 g/mol. The summed E-state index contributed by atoms with van der Waals surface area (Å²) in [4.78, 5) is 34.6. The van der Waals surface area contributed by atoms with Gasteiger partial charge in [-0.05, 0) is 26.2 Å². The molecule has 1 rings (SSSR count). The quantitative estimate of drug-likeness (QED) is 0.608. The average molecular weight is 358 g/mol. The van der Waals surface area contributed by atoms with Crippen LogP contribution in [0, 0.1) is 11.8 Å². The van der Waals surface area contributed by atoms with Crippen LogP contribution in [0.1, 0.15) is 65.7 Å². The number of carbonyl (C=O) groups is 3. The molecular formula is C18H30O7. The number of aliphatic carboxylic acids is 1. The third-order valence-electron chi connectivity index (χ3n) is 4.63. The highest BCUT2D eigenvalue weighted by Gasteiger charge is 2.37. The van der Waals surface area contributed by atoms with Crippen molar-refractivity contribution in [1.29, 1.82) is 0 Å². The van der Waals surface area contributed by atoms with E-state index in [1.165, 1.54) is 6.92 Å². The Kier molecular flexibility index (Phi) is 8.89. The van der Waals surface area contributed by atoms with Crippen molar-refractivity contribution in [2.45, 2.75) is 84.0 Å². The highest BCUT2D eigenvalue weighted by atomic mass is 16.5. The van der Waals surface area contributed by atoms with Gasteiger partial charge in [0, 0.05) is 19.8 Å². The summed E-state index contributed by atoms with van der Waals surface area (Å²) in [6.45, 7) is 4.84. The van der Waals surface area contributed by atoms with E-state index in [-0.39, 0.29) is 12.8 Å². The van der Waals surface area contributed by atoms with E-state index in [1.54, 1.807) is 6.92 Å². The first kappa shape index (κ1) is 21.4. The van der Waals surface area contributed by atoms with E-state index in [0.29, 0.717) is 19.3 Å². The van der Waals surface area contributed by atoms with Crippen molar-refractivity contribution < 1.29 is 34.1 Å². The predicted molar refractivity (Wildman–Crippen MR) is 89.7 cm³/mol. The normalized spacial score (nSPS) is 24.0. The summed E-state index contributed by atoms with van der Waals surface area (Å²) in [6, 6.07) is 0. The van der Waals surface area contributed by atoms with Gasteiger partial charge in [-0.2, -0.15) is 0 Å². The molecule has 2 N–H and O–H groups in total. The van der Waals surface area contributed by atoms with Gasteiger partial charge in [0.25, 0.3) is 0 Å². The minimum atomic E-state index is -0.954. The van der Waals surface area contributed by atoms with Crippen LogP contribution in [0.5, 0.6) is 0 Å². The van der Waals surface area contributed by atoms with Gasteiger partial charge in [-0.1, -0.05) is 19.8 Å². The van der Waals surface area contributed by atoms with Crippen molar-refractivity contribution in [3.05, 3.63) is 0 Å². The van der Waals surface area contributed by atoms with Crippen LogP contribution >= 0.6 is 0 Å². The molecule has 1 aliphatic rings. The first-order chi connectivity index (χ1) is 11.7. The lowest BCUT2D eigenvalue weighted by Gasteiger charge is -2.29. The van der Waals surface area contributed by atoms with E-state index in [2.05, 4.69) is 0 Å². The van der Waals surface area contributed by atoms with E-state index >= 15 is 0 Å². The maximum absolute atomic E-state index is 12.4. The number of esters is 2. The summed E-state index contributed by atoms with van der Waals surface area (Å²) < 4.78 is 10.5. The Labute approximate surface area is 148 Å². The smallest absolute Gasteiger partial charge is 0.310 e. The third-order valence-corrected chi connectivity index (χ3v) is 4.63. The Balaban J connectivity index is 2.54. The molecule has 0 saturated heterocycles. The van der Waals surface area contributed by atoms with Gasteiger partial charge in [-0.15, -0.1) is 0 Å². The van der Waals surface area contributed by atoms with Crippen molar-refractivity contribution >= 4 is 17.9 Å².